The van der Waals surface area contributed by atoms with E-state index in [0.717, 1.165) is 36.1 Å². The number of sulfonamides is 1. The van der Waals surface area contributed by atoms with E-state index < -0.39 is 45.2 Å². The number of carbonyl (C=O) groups excluding carboxylic acids is 2. The molecule has 9 rings (SSSR count). The van der Waals surface area contributed by atoms with Gasteiger partial charge < -0.3 is 20.1 Å². The van der Waals surface area contributed by atoms with Crippen molar-refractivity contribution in [2.45, 2.75) is 6.18 Å². The molecule has 7 aromatic carbocycles. The van der Waals surface area contributed by atoms with Gasteiger partial charge in [0, 0.05) is 64.3 Å². The lowest BCUT2D eigenvalue weighted by Gasteiger charge is -2.11. The van der Waals surface area contributed by atoms with Gasteiger partial charge in [0.2, 0.25) is 10.0 Å². The number of hydrogen-bond donors (Lipinski definition) is 3. The fourth-order valence-electron chi connectivity index (χ4n) is 6.53. The summed E-state index contributed by atoms with van der Waals surface area (Å²) in [5, 5.41) is 5.10. The van der Waals surface area contributed by atoms with E-state index in [1.54, 1.807) is 97.3 Å². The first-order valence-corrected chi connectivity index (χ1v) is 22.3. The van der Waals surface area contributed by atoms with E-state index in [9.17, 15) is 40.0 Å². The van der Waals surface area contributed by atoms with Gasteiger partial charge in [-0.3, -0.25) is 29.3 Å². The van der Waals surface area contributed by atoms with Crippen LogP contribution < -0.4 is 24.8 Å². The normalized spacial score (nSPS) is 11.3. The van der Waals surface area contributed by atoms with Gasteiger partial charge in [-0.2, -0.15) is 13.2 Å². The summed E-state index contributed by atoms with van der Waals surface area (Å²) in [5.41, 5.74) is 4.08. The lowest BCUT2D eigenvalue weighted by Crippen LogP contribution is -2.14. The predicted octanol–water partition coefficient (Wildman–Crippen LogP) is 11.7. The summed E-state index contributed by atoms with van der Waals surface area (Å²) >= 11 is 0. The molecule has 9 aromatic rings. The first-order valence-electron chi connectivity index (χ1n) is 20.4. The van der Waals surface area contributed by atoms with Crippen molar-refractivity contribution in [3.8, 4) is 34.3 Å². The van der Waals surface area contributed by atoms with Crippen LogP contribution in [0.1, 0.15) is 26.3 Å². The standard InChI is InChI=1S/C28H21FN4O4S.C22H13F4N3O2/c1-38(35,36)33-22-7-5-18(6-8-22)27-17-30-25-14-13-24(16-26(25)32-27)37-23-11-9-21(10-12-23)31-28(34)19-3-2-4-20(29)15-19;23-17-11-15(29-21(30)13-2-1-3-14(10-13)22(24,25)26)4-7-20(17)31-16-5-6-18-19(12-16)28-9-8-27-18/h2-17,33H,1H3,(H,31,34);1-12H,(H,29,30). The monoisotopic (exact) mass is 955 g/mol. The van der Waals surface area contributed by atoms with Crippen molar-refractivity contribution in [2.24, 2.45) is 0 Å². The van der Waals surface area contributed by atoms with E-state index in [0.29, 0.717) is 56.4 Å². The number of fused-ring (bicyclic) bond motifs is 2. The van der Waals surface area contributed by atoms with Crippen molar-refractivity contribution in [3.05, 3.63) is 199 Å². The number of ether oxygens (including phenoxy) is 2. The molecular formula is C50H34F5N7O6S. The topological polar surface area (TPSA) is 174 Å². The molecule has 0 saturated carbocycles. The number of carbonyl (C=O) groups is 2. The lowest BCUT2D eigenvalue weighted by atomic mass is 10.1. The van der Waals surface area contributed by atoms with Gasteiger partial charge in [0.1, 0.15) is 23.1 Å². The SMILES string of the molecule is CS(=O)(=O)Nc1ccc(-c2cnc3ccc(Oc4ccc(NC(=O)c5cccc(F)c5)cc4)cc3n2)cc1.O=C(Nc1ccc(Oc2ccc3nccnc3c2)c(F)c1)c1cccc(C(F)(F)F)c1. The largest absolute Gasteiger partial charge is 0.457 e. The zero-order valence-electron chi connectivity index (χ0n) is 35.7. The number of nitrogens with zero attached hydrogens (tertiary/aromatic N) is 4. The van der Waals surface area contributed by atoms with Crippen LogP contribution in [0.4, 0.5) is 39.0 Å². The molecule has 0 radical (unpaired) electrons. The molecule has 69 heavy (non-hydrogen) atoms. The zero-order chi connectivity index (χ0) is 48.7. The highest BCUT2D eigenvalue weighted by atomic mass is 32.2. The highest BCUT2D eigenvalue weighted by molar-refractivity contribution is 7.92. The van der Waals surface area contributed by atoms with Gasteiger partial charge in [-0.05, 0) is 109 Å². The minimum atomic E-state index is -4.57. The number of aromatic nitrogens is 4. The number of benzene rings is 7. The molecule has 0 unspecified atom stereocenters. The molecule has 0 fully saturated rings. The van der Waals surface area contributed by atoms with Gasteiger partial charge in [0.05, 0.1) is 45.8 Å². The second kappa shape index (κ2) is 19.9. The maximum atomic E-state index is 14.5. The third-order valence-electron chi connectivity index (χ3n) is 9.74. The Morgan fingerprint density at radius 2 is 1.14 bits per heavy atom. The molecule has 0 atom stereocenters. The molecule has 0 spiro atoms. The van der Waals surface area contributed by atoms with Crippen LogP contribution >= 0.6 is 0 Å². The molecule has 2 heterocycles. The van der Waals surface area contributed by atoms with E-state index in [-0.39, 0.29) is 22.6 Å². The summed E-state index contributed by atoms with van der Waals surface area (Å²) in [7, 11) is -3.36. The highest BCUT2D eigenvalue weighted by Gasteiger charge is 2.31. The molecule has 19 heteroatoms. The van der Waals surface area contributed by atoms with E-state index in [2.05, 4.69) is 35.3 Å². The Kier molecular flexibility index (Phi) is 13.5. The van der Waals surface area contributed by atoms with Crippen molar-refractivity contribution >= 4 is 61.0 Å². The smallest absolute Gasteiger partial charge is 0.416 e. The minimum absolute atomic E-state index is 0.0663. The van der Waals surface area contributed by atoms with Gasteiger partial charge >= 0.3 is 6.18 Å². The highest BCUT2D eigenvalue weighted by Crippen LogP contribution is 2.32. The number of halogens is 5. The number of anilines is 3. The van der Waals surface area contributed by atoms with Crippen LogP contribution in [-0.4, -0.2) is 46.4 Å². The number of rotatable bonds is 11. The zero-order valence-corrected chi connectivity index (χ0v) is 36.5. The molecular weight excluding hydrogens is 922 g/mol. The second-order valence-electron chi connectivity index (χ2n) is 14.9. The number of amides is 2. The molecule has 0 aliphatic carbocycles. The molecule has 0 saturated heterocycles. The Morgan fingerprint density at radius 1 is 0.565 bits per heavy atom. The van der Waals surface area contributed by atoms with Crippen LogP contribution in [0.15, 0.2) is 170 Å². The fraction of sp³-hybridized carbons (Fsp3) is 0.0400. The Hall–Kier alpha value is -8.84. The van der Waals surface area contributed by atoms with Crippen LogP contribution in [0.2, 0.25) is 0 Å². The Balaban J connectivity index is 0.000000190. The van der Waals surface area contributed by atoms with E-state index in [1.807, 2.05) is 0 Å². The third kappa shape index (κ3) is 12.3. The van der Waals surface area contributed by atoms with Crippen LogP contribution in [0, 0.1) is 11.6 Å². The molecule has 346 valence electrons. The van der Waals surface area contributed by atoms with Gasteiger partial charge in [0.25, 0.3) is 11.8 Å². The van der Waals surface area contributed by atoms with Gasteiger partial charge in [0.15, 0.2) is 11.6 Å². The van der Waals surface area contributed by atoms with Gasteiger partial charge in [-0.1, -0.05) is 24.3 Å². The van der Waals surface area contributed by atoms with Gasteiger partial charge in [-0.25, -0.2) is 22.2 Å². The third-order valence-corrected chi connectivity index (χ3v) is 10.3. The second-order valence-corrected chi connectivity index (χ2v) is 16.7. The molecule has 0 bridgehead atoms. The quantitative estimate of drug-likeness (QED) is 0.106. The average Bonchev–Trinajstić information content (AvgIpc) is 3.32. The molecule has 2 aromatic heterocycles. The number of hydrogen-bond acceptors (Lipinski definition) is 10. The summed E-state index contributed by atoms with van der Waals surface area (Å²) in [6.07, 6.45) is 1.24. The molecule has 13 nitrogen and oxygen atoms in total. The van der Waals surface area contributed by atoms with Crippen molar-refractivity contribution in [1.82, 2.24) is 19.9 Å². The van der Waals surface area contributed by atoms with Crippen molar-refractivity contribution in [3.63, 3.8) is 0 Å². The molecule has 3 N–H and O–H groups in total. The summed E-state index contributed by atoms with van der Waals surface area (Å²) in [5.74, 6) is -1.11. The summed E-state index contributed by atoms with van der Waals surface area (Å²) < 4.78 is 103. The number of alkyl halides is 3. The van der Waals surface area contributed by atoms with Crippen molar-refractivity contribution in [1.29, 1.82) is 0 Å². The first kappa shape index (κ1) is 46.7. The van der Waals surface area contributed by atoms with E-state index in [1.165, 1.54) is 48.7 Å². The Morgan fingerprint density at radius 3 is 1.81 bits per heavy atom. The van der Waals surface area contributed by atoms with Crippen LogP contribution in [0.3, 0.4) is 0 Å². The maximum Gasteiger partial charge on any atom is 0.416 e. The maximum absolute atomic E-state index is 14.5. The predicted molar refractivity (Wildman–Crippen MR) is 250 cm³/mol. The number of nitrogens with one attached hydrogen (secondary N) is 3. The molecule has 0 aliphatic rings. The van der Waals surface area contributed by atoms with Crippen LogP contribution in [0.25, 0.3) is 33.3 Å². The van der Waals surface area contributed by atoms with Gasteiger partial charge in [-0.15, -0.1) is 0 Å². The van der Waals surface area contributed by atoms with Crippen LogP contribution in [0.5, 0.6) is 23.0 Å². The lowest BCUT2D eigenvalue weighted by molar-refractivity contribution is -0.137. The molecule has 0 aliphatic heterocycles. The minimum Gasteiger partial charge on any atom is -0.457 e. The van der Waals surface area contributed by atoms with Crippen LogP contribution in [-0.2, 0) is 16.2 Å². The fourth-order valence-corrected chi connectivity index (χ4v) is 7.09. The van der Waals surface area contributed by atoms with Crippen molar-refractivity contribution < 1.29 is 49.4 Å². The summed E-state index contributed by atoms with van der Waals surface area (Å²) in [4.78, 5) is 42.0. The first-order chi connectivity index (χ1) is 33.0. The Labute approximate surface area is 389 Å². The average molecular weight is 956 g/mol. The van der Waals surface area contributed by atoms with E-state index >= 15 is 0 Å². The van der Waals surface area contributed by atoms with Crippen molar-refractivity contribution in [2.75, 3.05) is 21.6 Å². The Bertz CT molecular complexity index is 3470. The van der Waals surface area contributed by atoms with E-state index in [4.69, 9.17) is 9.47 Å². The summed E-state index contributed by atoms with van der Waals surface area (Å²) in [6, 6.07) is 37.0. The summed E-state index contributed by atoms with van der Waals surface area (Å²) in [6.45, 7) is 0. The molecule has 2 amide bonds.